The Bertz CT molecular complexity index is 128. The number of hydrogen-bond acceptors (Lipinski definition) is 5. The number of hydrogen-bond donors (Lipinski definition) is 5. The zero-order chi connectivity index (χ0) is 10.5. The van der Waals surface area contributed by atoms with Gasteiger partial charge in [0.15, 0.2) is 10.4 Å². The molecule has 0 fully saturated rings. The number of aliphatic hydroxyl groups is 2. The molecule has 5 nitrogen and oxygen atoms in total. The van der Waals surface area contributed by atoms with Crippen molar-refractivity contribution in [2.24, 2.45) is 11.5 Å². The van der Waals surface area contributed by atoms with Crippen molar-refractivity contribution in [1.82, 2.24) is 5.32 Å². The summed E-state index contributed by atoms with van der Waals surface area (Å²) in [5.41, 5.74) is 10.2. The average molecular weight is 232 g/mol. The second-order valence-electron chi connectivity index (χ2n) is 2.89. The van der Waals surface area contributed by atoms with E-state index in [1.165, 1.54) is 0 Å². The highest BCUT2D eigenvalue weighted by Gasteiger charge is 2.17. The second-order valence-corrected chi connectivity index (χ2v) is 4.20. The first-order valence-corrected chi connectivity index (χ1v) is 4.57. The van der Waals surface area contributed by atoms with E-state index in [9.17, 15) is 0 Å². The van der Waals surface area contributed by atoms with E-state index in [0.717, 1.165) is 0 Å². The van der Waals surface area contributed by atoms with Gasteiger partial charge in [0.05, 0.1) is 0 Å². The highest BCUT2D eigenvalue weighted by atomic mass is 35.5. The minimum absolute atomic E-state index is 0.194. The molecule has 0 aromatic rings. The summed E-state index contributed by atoms with van der Waals surface area (Å²) in [6.07, 6.45) is 0.389. The van der Waals surface area contributed by atoms with Crippen LogP contribution >= 0.6 is 23.2 Å². The zero-order valence-electron chi connectivity index (χ0n) is 7.13. The maximum Gasteiger partial charge on any atom is 0.192 e. The molecule has 0 aliphatic carbocycles. The predicted octanol–water partition coefficient (Wildman–Crippen LogP) is -0.957. The Morgan fingerprint density at radius 3 is 1.54 bits per heavy atom. The van der Waals surface area contributed by atoms with Crippen LogP contribution in [0.4, 0.5) is 0 Å². The summed E-state index contributed by atoms with van der Waals surface area (Å²) in [5.74, 6) is 0. The fourth-order valence-corrected chi connectivity index (χ4v) is 0.841. The molecule has 0 saturated carbocycles. The molecule has 0 aromatic heterocycles. The van der Waals surface area contributed by atoms with E-state index in [0.29, 0.717) is 13.1 Å². The van der Waals surface area contributed by atoms with E-state index in [4.69, 9.17) is 44.9 Å². The van der Waals surface area contributed by atoms with E-state index in [1.54, 1.807) is 0 Å². The molecule has 0 aromatic carbocycles. The quantitative estimate of drug-likeness (QED) is 0.176. The third kappa shape index (κ3) is 12.4. The molecule has 0 bridgehead atoms. The summed E-state index contributed by atoms with van der Waals surface area (Å²) in [6, 6.07) is 0. The topological polar surface area (TPSA) is 105 Å². The van der Waals surface area contributed by atoms with Crippen molar-refractivity contribution in [3.05, 3.63) is 0 Å². The minimum Gasteiger partial charge on any atom is -0.363 e. The van der Waals surface area contributed by atoms with Crippen molar-refractivity contribution in [2.45, 2.75) is 23.2 Å². The lowest BCUT2D eigenvalue weighted by molar-refractivity contribution is 0.118. The van der Waals surface area contributed by atoms with Crippen molar-refractivity contribution in [2.75, 3.05) is 13.1 Å². The Labute approximate surface area is 87.0 Å². The molecule has 0 aliphatic heterocycles. The van der Waals surface area contributed by atoms with Gasteiger partial charge in [0.1, 0.15) is 0 Å². The lowest BCUT2D eigenvalue weighted by Crippen LogP contribution is -2.39. The average Bonchev–Trinajstić information content (AvgIpc) is 1.81. The molecular weight excluding hydrogens is 217 g/mol. The molecule has 7 heteroatoms. The van der Waals surface area contributed by atoms with Gasteiger partial charge in [0.25, 0.3) is 0 Å². The molecule has 2 atom stereocenters. The van der Waals surface area contributed by atoms with E-state index >= 15 is 0 Å². The Morgan fingerprint density at radius 1 is 1.00 bits per heavy atom. The largest absolute Gasteiger partial charge is 0.363 e. The van der Waals surface area contributed by atoms with Crippen LogP contribution < -0.4 is 16.8 Å². The monoisotopic (exact) mass is 231 g/mol. The predicted molar refractivity (Wildman–Crippen MR) is 52.1 cm³/mol. The van der Waals surface area contributed by atoms with Gasteiger partial charge < -0.3 is 15.5 Å². The van der Waals surface area contributed by atoms with Crippen molar-refractivity contribution in [3.8, 4) is 0 Å². The molecule has 0 spiro atoms. The molecule has 0 heterocycles. The van der Waals surface area contributed by atoms with Crippen molar-refractivity contribution in [3.63, 3.8) is 0 Å². The molecule has 0 radical (unpaired) electrons. The number of rotatable bonds is 6. The van der Waals surface area contributed by atoms with Crippen LogP contribution in [-0.4, -0.2) is 33.7 Å². The van der Waals surface area contributed by atoms with E-state index < -0.39 is 10.4 Å². The highest BCUT2D eigenvalue weighted by Crippen LogP contribution is 2.07. The van der Waals surface area contributed by atoms with Crippen LogP contribution in [0.5, 0.6) is 0 Å². The Hall–Kier alpha value is 0.380. The zero-order valence-corrected chi connectivity index (χ0v) is 8.65. The van der Waals surface area contributed by atoms with Gasteiger partial charge in [-0.2, -0.15) is 0 Å². The van der Waals surface area contributed by atoms with E-state index in [1.807, 2.05) is 0 Å². The third-order valence-corrected chi connectivity index (χ3v) is 1.68. The van der Waals surface area contributed by atoms with Crippen LogP contribution in [-0.2, 0) is 0 Å². The summed E-state index contributed by atoms with van der Waals surface area (Å²) in [7, 11) is 0. The van der Waals surface area contributed by atoms with Gasteiger partial charge in [-0.1, -0.05) is 23.2 Å². The molecule has 0 amide bonds. The fourth-order valence-electron chi connectivity index (χ4n) is 0.652. The van der Waals surface area contributed by atoms with Crippen LogP contribution in [0.15, 0.2) is 0 Å². The van der Waals surface area contributed by atoms with E-state index in [-0.39, 0.29) is 12.8 Å². The molecule has 80 valence electrons. The fraction of sp³-hybridized carbons (Fsp3) is 1.00. The van der Waals surface area contributed by atoms with Crippen LogP contribution in [0.3, 0.4) is 0 Å². The smallest absolute Gasteiger partial charge is 0.192 e. The summed E-state index contributed by atoms with van der Waals surface area (Å²) in [6.45, 7) is 0.840. The summed E-state index contributed by atoms with van der Waals surface area (Å²) in [5, 5.41) is 17.2. The van der Waals surface area contributed by atoms with E-state index in [2.05, 4.69) is 5.32 Å². The second kappa shape index (κ2) is 5.31. The van der Waals surface area contributed by atoms with Crippen molar-refractivity contribution < 1.29 is 10.2 Å². The first-order valence-electron chi connectivity index (χ1n) is 3.82. The molecule has 0 saturated heterocycles. The molecule has 0 aliphatic rings. The van der Waals surface area contributed by atoms with Gasteiger partial charge in [-0.25, -0.2) is 0 Å². The maximum atomic E-state index is 8.88. The minimum atomic E-state index is -1.69. The maximum absolute atomic E-state index is 8.88. The molecule has 13 heavy (non-hydrogen) atoms. The summed E-state index contributed by atoms with van der Waals surface area (Å²) in [4.78, 5) is 0. The molecular formula is C6H15Cl2N3O2. The number of alkyl halides is 2. The molecule has 0 rings (SSSR count). The summed E-state index contributed by atoms with van der Waals surface area (Å²) >= 11 is 10.6. The SMILES string of the molecule is NC(O)(Cl)CCNCCC(N)(O)Cl. The van der Waals surface area contributed by atoms with Crippen LogP contribution in [0, 0.1) is 0 Å². The van der Waals surface area contributed by atoms with Gasteiger partial charge in [0, 0.05) is 25.9 Å². The third-order valence-electron chi connectivity index (χ3n) is 1.30. The molecule has 7 N–H and O–H groups in total. The lowest BCUT2D eigenvalue weighted by atomic mass is 10.3. The van der Waals surface area contributed by atoms with Gasteiger partial charge >= 0.3 is 0 Å². The Kier molecular flexibility index (Phi) is 5.46. The van der Waals surface area contributed by atoms with Gasteiger partial charge in [-0.15, -0.1) is 0 Å². The van der Waals surface area contributed by atoms with Crippen molar-refractivity contribution in [1.29, 1.82) is 0 Å². The van der Waals surface area contributed by atoms with Crippen LogP contribution in [0.25, 0.3) is 0 Å². The van der Waals surface area contributed by atoms with Crippen LogP contribution in [0.1, 0.15) is 12.8 Å². The molecule has 2 unspecified atom stereocenters. The van der Waals surface area contributed by atoms with Crippen LogP contribution in [0.2, 0.25) is 0 Å². The Balaban J connectivity index is 3.28. The number of halogens is 2. The lowest BCUT2D eigenvalue weighted by Gasteiger charge is -2.16. The summed E-state index contributed by atoms with van der Waals surface area (Å²) < 4.78 is 0. The van der Waals surface area contributed by atoms with Crippen molar-refractivity contribution >= 4 is 23.2 Å². The van der Waals surface area contributed by atoms with Gasteiger partial charge in [-0.3, -0.25) is 11.5 Å². The first-order chi connectivity index (χ1) is 5.71. The number of nitrogens with two attached hydrogens (primary N) is 2. The standard InChI is InChI=1S/C6H15Cl2N3O2/c7-5(9,12)1-3-11-4-2-6(8,10)13/h11-13H,1-4,9-10H2. The Morgan fingerprint density at radius 2 is 1.31 bits per heavy atom. The normalized spacial score (nSPS) is 20.8. The van der Waals surface area contributed by atoms with Gasteiger partial charge in [0.2, 0.25) is 0 Å². The highest BCUT2D eigenvalue weighted by molar-refractivity contribution is 6.22. The number of nitrogens with one attached hydrogen (secondary N) is 1. The first kappa shape index (κ1) is 13.4. The van der Waals surface area contributed by atoms with Gasteiger partial charge in [-0.05, 0) is 0 Å².